The Morgan fingerprint density at radius 2 is 1.54 bits per heavy atom. The van der Waals surface area contributed by atoms with E-state index < -0.39 is 18.1 Å². The summed E-state index contributed by atoms with van der Waals surface area (Å²) in [4.78, 5) is 25.4. The number of hydrogen-bond donors (Lipinski definition) is 0. The molecule has 1 heterocycles. The predicted octanol–water partition coefficient (Wildman–Crippen LogP) is 2.74. The number of rotatable bonds is 9. The molecule has 3 rings (SSSR count). The van der Waals surface area contributed by atoms with Crippen molar-refractivity contribution in [2.24, 2.45) is 0 Å². The SMILES string of the molecule is O=C1OCN(C(=O)OCc2ccccc2)C1COCCOCc1ccccc1. The molecule has 7 heteroatoms. The Hall–Kier alpha value is -2.90. The van der Waals surface area contributed by atoms with Crippen LogP contribution >= 0.6 is 0 Å². The molecule has 1 aliphatic heterocycles. The van der Waals surface area contributed by atoms with E-state index in [9.17, 15) is 9.59 Å². The van der Waals surface area contributed by atoms with Gasteiger partial charge in [0.2, 0.25) is 0 Å². The highest BCUT2D eigenvalue weighted by atomic mass is 16.6. The Morgan fingerprint density at radius 1 is 0.929 bits per heavy atom. The average Bonchev–Trinajstić information content (AvgIpc) is 3.11. The molecule has 1 saturated heterocycles. The summed E-state index contributed by atoms with van der Waals surface area (Å²) >= 11 is 0. The van der Waals surface area contributed by atoms with Gasteiger partial charge in [0.1, 0.15) is 6.61 Å². The lowest BCUT2D eigenvalue weighted by molar-refractivity contribution is -0.140. The molecule has 1 amide bonds. The normalized spacial score (nSPS) is 16.1. The minimum Gasteiger partial charge on any atom is -0.444 e. The van der Waals surface area contributed by atoms with E-state index in [0.29, 0.717) is 19.8 Å². The molecule has 0 spiro atoms. The number of ether oxygens (including phenoxy) is 4. The number of amides is 1. The molecule has 0 radical (unpaired) electrons. The van der Waals surface area contributed by atoms with Crippen molar-refractivity contribution in [2.45, 2.75) is 19.3 Å². The second-order valence-electron chi connectivity index (χ2n) is 6.23. The quantitative estimate of drug-likeness (QED) is 0.488. The smallest absolute Gasteiger partial charge is 0.413 e. The molecule has 0 aliphatic carbocycles. The van der Waals surface area contributed by atoms with Gasteiger partial charge in [0.25, 0.3) is 0 Å². The number of carbonyl (C=O) groups excluding carboxylic acids is 2. The predicted molar refractivity (Wildman–Crippen MR) is 100 cm³/mol. The molecule has 148 valence electrons. The van der Waals surface area contributed by atoms with Crippen molar-refractivity contribution in [3.63, 3.8) is 0 Å². The molecule has 2 aromatic carbocycles. The van der Waals surface area contributed by atoms with Gasteiger partial charge in [0.05, 0.1) is 26.4 Å². The van der Waals surface area contributed by atoms with Gasteiger partial charge in [-0.2, -0.15) is 0 Å². The molecule has 0 saturated carbocycles. The van der Waals surface area contributed by atoms with Crippen LogP contribution in [0.2, 0.25) is 0 Å². The third-order valence-corrected chi connectivity index (χ3v) is 4.19. The van der Waals surface area contributed by atoms with E-state index in [1.54, 1.807) is 0 Å². The van der Waals surface area contributed by atoms with Crippen molar-refractivity contribution in [1.82, 2.24) is 4.90 Å². The summed E-state index contributed by atoms with van der Waals surface area (Å²) in [6, 6.07) is 18.3. The van der Waals surface area contributed by atoms with Crippen LogP contribution in [0.15, 0.2) is 60.7 Å². The lowest BCUT2D eigenvalue weighted by Crippen LogP contribution is -2.41. The number of cyclic esters (lactones) is 1. The van der Waals surface area contributed by atoms with Crippen LogP contribution in [0.3, 0.4) is 0 Å². The summed E-state index contributed by atoms with van der Waals surface area (Å²) in [5, 5.41) is 0. The van der Waals surface area contributed by atoms with Crippen LogP contribution in [0, 0.1) is 0 Å². The fraction of sp³-hybridized carbons (Fsp3) is 0.333. The van der Waals surface area contributed by atoms with Gasteiger partial charge < -0.3 is 18.9 Å². The monoisotopic (exact) mass is 385 g/mol. The van der Waals surface area contributed by atoms with E-state index in [4.69, 9.17) is 18.9 Å². The molecule has 2 aromatic rings. The van der Waals surface area contributed by atoms with Crippen LogP contribution in [0.25, 0.3) is 0 Å². The average molecular weight is 385 g/mol. The highest BCUT2D eigenvalue weighted by molar-refractivity contribution is 5.83. The first-order valence-corrected chi connectivity index (χ1v) is 9.07. The molecular formula is C21H23NO6. The molecule has 0 bridgehead atoms. The summed E-state index contributed by atoms with van der Waals surface area (Å²) in [6.07, 6.45) is -0.608. The van der Waals surface area contributed by atoms with Gasteiger partial charge in [-0.3, -0.25) is 4.90 Å². The van der Waals surface area contributed by atoms with E-state index >= 15 is 0 Å². The van der Waals surface area contributed by atoms with Crippen molar-refractivity contribution in [3.8, 4) is 0 Å². The van der Waals surface area contributed by atoms with Crippen molar-refractivity contribution < 1.29 is 28.5 Å². The van der Waals surface area contributed by atoms with Crippen molar-refractivity contribution in [1.29, 1.82) is 0 Å². The Morgan fingerprint density at radius 3 is 2.21 bits per heavy atom. The van der Waals surface area contributed by atoms with E-state index in [2.05, 4.69) is 0 Å². The number of hydrogen-bond acceptors (Lipinski definition) is 6. The van der Waals surface area contributed by atoms with E-state index in [1.165, 1.54) is 4.90 Å². The molecule has 0 N–H and O–H groups in total. The second kappa shape index (κ2) is 10.4. The highest BCUT2D eigenvalue weighted by Crippen LogP contribution is 2.14. The summed E-state index contributed by atoms with van der Waals surface area (Å²) in [5.41, 5.74) is 1.94. The summed E-state index contributed by atoms with van der Waals surface area (Å²) in [5.74, 6) is -0.498. The standard InChI is InChI=1S/C21H23NO6/c23-20-19(15-26-12-11-25-13-17-7-3-1-4-8-17)22(16-28-20)21(24)27-14-18-9-5-2-6-10-18/h1-10,19H,11-16H2. The lowest BCUT2D eigenvalue weighted by Gasteiger charge is -2.19. The van der Waals surface area contributed by atoms with E-state index in [-0.39, 0.29) is 19.9 Å². The Kier molecular flexibility index (Phi) is 7.40. The van der Waals surface area contributed by atoms with Gasteiger partial charge in [-0.15, -0.1) is 0 Å². The van der Waals surface area contributed by atoms with E-state index in [1.807, 2.05) is 60.7 Å². The third-order valence-electron chi connectivity index (χ3n) is 4.19. The molecule has 1 atom stereocenters. The lowest BCUT2D eigenvalue weighted by atomic mass is 10.2. The maximum absolute atomic E-state index is 12.3. The number of benzene rings is 2. The van der Waals surface area contributed by atoms with Crippen LogP contribution in [-0.4, -0.2) is 49.6 Å². The Balaban J connectivity index is 1.37. The van der Waals surface area contributed by atoms with Crippen LogP contribution in [-0.2, 0) is 37.0 Å². The number of esters is 1. The van der Waals surface area contributed by atoms with Crippen LogP contribution in [0.4, 0.5) is 4.79 Å². The highest BCUT2D eigenvalue weighted by Gasteiger charge is 2.39. The van der Waals surface area contributed by atoms with Crippen molar-refractivity contribution >= 4 is 12.1 Å². The van der Waals surface area contributed by atoms with Gasteiger partial charge >= 0.3 is 12.1 Å². The molecule has 1 unspecified atom stereocenters. The zero-order valence-electron chi connectivity index (χ0n) is 15.5. The second-order valence-corrected chi connectivity index (χ2v) is 6.23. The minimum atomic E-state index is -0.808. The maximum atomic E-state index is 12.3. The Labute approximate surface area is 163 Å². The fourth-order valence-corrected chi connectivity index (χ4v) is 2.66. The van der Waals surface area contributed by atoms with Gasteiger partial charge in [0.15, 0.2) is 12.8 Å². The molecule has 7 nitrogen and oxygen atoms in total. The van der Waals surface area contributed by atoms with Crippen LogP contribution in [0.1, 0.15) is 11.1 Å². The fourth-order valence-electron chi connectivity index (χ4n) is 2.66. The summed E-state index contributed by atoms with van der Waals surface area (Å²) in [7, 11) is 0. The van der Waals surface area contributed by atoms with Crippen molar-refractivity contribution in [3.05, 3.63) is 71.8 Å². The van der Waals surface area contributed by atoms with Gasteiger partial charge in [-0.1, -0.05) is 60.7 Å². The molecule has 0 aromatic heterocycles. The first-order valence-electron chi connectivity index (χ1n) is 9.07. The first kappa shape index (κ1) is 19.9. The summed E-state index contributed by atoms with van der Waals surface area (Å²) in [6.45, 7) is 1.22. The van der Waals surface area contributed by atoms with Crippen LogP contribution in [0.5, 0.6) is 0 Å². The largest absolute Gasteiger partial charge is 0.444 e. The summed E-state index contributed by atoms with van der Waals surface area (Å²) < 4.78 is 21.2. The minimum absolute atomic E-state index is 0.0357. The first-order chi connectivity index (χ1) is 13.7. The maximum Gasteiger partial charge on any atom is 0.413 e. The van der Waals surface area contributed by atoms with Gasteiger partial charge in [-0.05, 0) is 11.1 Å². The van der Waals surface area contributed by atoms with Gasteiger partial charge in [-0.25, -0.2) is 9.59 Å². The number of carbonyl (C=O) groups is 2. The zero-order valence-corrected chi connectivity index (χ0v) is 15.5. The molecule has 1 fully saturated rings. The molecule has 1 aliphatic rings. The topological polar surface area (TPSA) is 74.3 Å². The van der Waals surface area contributed by atoms with Gasteiger partial charge in [0, 0.05) is 0 Å². The molecular weight excluding hydrogens is 362 g/mol. The van der Waals surface area contributed by atoms with Crippen LogP contribution < -0.4 is 0 Å². The Bertz CT molecular complexity index is 752. The zero-order chi connectivity index (χ0) is 19.6. The van der Waals surface area contributed by atoms with E-state index in [0.717, 1.165) is 11.1 Å². The molecule has 28 heavy (non-hydrogen) atoms. The number of nitrogens with zero attached hydrogens (tertiary/aromatic N) is 1. The third kappa shape index (κ3) is 5.80. The van der Waals surface area contributed by atoms with Crippen molar-refractivity contribution in [2.75, 3.05) is 26.6 Å².